The third-order valence-electron chi connectivity index (χ3n) is 4.40. The number of nitrogens with zero attached hydrogens (tertiary/aromatic N) is 4. The number of aromatic nitrogens is 2. The highest BCUT2D eigenvalue weighted by Gasteiger charge is 2.26. The summed E-state index contributed by atoms with van der Waals surface area (Å²) in [5.41, 5.74) is 2.55. The van der Waals surface area contributed by atoms with Crippen molar-refractivity contribution in [3.8, 4) is 0 Å². The van der Waals surface area contributed by atoms with Gasteiger partial charge in [0.25, 0.3) is 0 Å². The first-order chi connectivity index (χ1) is 9.29. The minimum atomic E-state index is 0.635. The van der Waals surface area contributed by atoms with Crippen LogP contribution in [0, 0.1) is 0 Å². The van der Waals surface area contributed by atoms with Crippen molar-refractivity contribution in [3.63, 3.8) is 0 Å². The van der Waals surface area contributed by atoms with Crippen molar-refractivity contribution < 1.29 is 0 Å². The number of hydrogen-bond donors (Lipinski definition) is 1. The van der Waals surface area contributed by atoms with Gasteiger partial charge in [0.1, 0.15) is 12.1 Å². The van der Waals surface area contributed by atoms with Crippen LogP contribution in [-0.4, -0.2) is 54.1 Å². The van der Waals surface area contributed by atoms with E-state index in [4.69, 9.17) is 0 Å². The van der Waals surface area contributed by atoms with Crippen molar-refractivity contribution in [2.24, 2.45) is 0 Å². The zero-order chi connectivity index (χ0) is 13.2. The Bertz CT molecular complexity index is 447. The van der Waals surface area contributed by atoms with Gasteiger partial charge in [0, 0.05) is 50.7 Å². The number of hydrogen-bond acceptors (Lipinski definition) is 5. The summed E-state index contributed by atoms with van der Waals surface area (Å²) in [4.78, 5) is 13.9. The Hall–Kier alpha value is -1.20. The first-order valence-electron chi connectivity index (χ1n) is 7.28. The van der Waals surface area contributed by atoms with Crippen LogP contribution >= 0.6 is 0 Å². The van der Waals surface area contributed by atoms with E-state index in [-0.39, 0.29) is 0 Å². The lowest BCUT2D eigenvalue weighted by atomic mass is 10.1. The summed E-state index contributed by atoms with van der Waals surface area (Å²) >= 11 is 0. The van der Waals surface area contributed by atoms with Crippen LogP contribution in [0.4, 0.5) is 5.82 Å². The van der Waals surface area contributed by atoms with Gasteiger partial charge in [0.05, 0.1) is 5.69 Å². The Labute approximate surface area is 115 Å². The second-order valence-corrected chi connectivity index (χ2v) is 5.54. The monoisotopic (exact) mass is 261 g/mol. The predicted octanol–water partition coefficient (Wildman–Crippen LogP) is 0.653. The SMILES string of the molecule is CCC1CN(c2ncnc3c2CNCC3)CCN1C. The quantitative estimate of drug-likeness (QED) is 0.847. The second-order valence-electron chi connectivity index (χ2n) is 5.54. The molecule has 1 aromatic rings. The molecule has 19 heavy (non-hydrogen) atoms. The zero-order valence-electron chi connectivity index (χ0n) is 11.9. The topological polar surface area (TPSA) is 44.3 Å². The average molecular weight is 261 g/mol. The molecule has 5 nitrogen and oxygen atoms in total. The summed E-state index contributed by atoms with van der Waals surface area (Å²) in [7, 11) is 2.22. The minimum Gasteiger partial charge on any atom is -0.353 e. The van der Waals surface area contributed by atoms with E-state index in [1.54, 1.807) is 6.33 Å². The molecule has 1 unspecified atom stereocenters. The van der Waals surface area contributed by atoms with E-state index in [2.05, 4.69) is 39.1 Å². The molecule has 5 heteroatoms. The molecule has 0 aliphatic carbocycles. The van der Waals surface area contributed by atoms with Gasteiger partial charge >= 0.3 is 0 Å². The van der Waals surface area contributed by atoms with Crippen LogP contribution in [0.15, 0.2) is 6.33 Å². The van der Waals surface area contributed by atoms with Gasteiger partial charge in [0.2, 0.25) is 0 Å². The van der Waals surface area contributed by atoms with Gasteiger partial charge in [-0.2, -0.15) is 0 Å². The first-order valence-corrected chi connectivity index (χ1v) is 7.28. The van der Waals surface area contributed by atoms with E-state index in [0.717, 1.165) is 45.0 Å². The third-order valence-corrected chi connectivity index (χ3v) is 4.40. The summed E-state index contributed by atoms with van der Waals surface area (Å²) in [5, 5.41) is 3.44. The minimum absolute atomic E-state index is 0.635. The van der Waals surface area contributed by atoms with Crippen LogP contribution in [0.1, 0.15) is 24.6 Å². The number of fused-ring (bicyclic) bond motifs is 1. The van der Waals surface area contributed by atoms with Crippen molar-refractivity contribution in [1.82, 2.24) is 20.2 Å². The van der Waals surface area contributed by atoms with Crippen LogP contribution < -0.4 is 10.2 Å². The molecule has 1 aromatic heterocycles. The molecule has 104 valence electrons. The van der Waals surface area contributed by atoms with Gasteiger partial charge in [-0.3, -0.25) is 4.90 Å². The highest BCUT2D eigenvalue weighted by molar-refractivity contribution is 5.50. The molecule has 2 aliphatic rings. The Morgan fingerprint density at radius 3 is 3.11 bits per heavy atom. The Morgan fingerprint density at radius 2 is 2.26 bits per heavy atom. The van der Waals surface area contributed by atoms with Crippen molar-refractivity contribution in [1.29, 1.82) is 0 Å². The molecule has 0 amide bonds. The molecule has 3 rings (SSSR count). The molecule has 0 spiro atoms. The number of nitrogens with one attached hydrogen (secondary N) is 1. The van der Waals surface area contributed by atoms with Gasteiger partial charge in [-0.05, 0) is 13.5 Å². The number of piperazine rings is 1. The van der Waals surface area contributed by atoms with Crippen molar-refractivity contribution in [2.45, 2.75) is 32.4 Å². The lowest BCUT2D eigenvalue weighted by Gasteiger charge is -2.40. The van der Waals surface area contributed by atoms with Crippen LogP contribution in [0.25, 0.3) is 0 Å². The Balaban J connectivity index is 1.86. The molecule has 1 N–H and O–H groups in total. The van der Waals surface area contributed by atoms with Crippen molar-refractivity contribution in [3.05, 3.63) is 17.6 Å². The van der Waals surface area contributed by atoms with Crippen LogP contribution in [0.5, 0.6) is 0 Å². The normalized spacial score (nSPS) is 24.3. The fourth-order valence-electron chi connectivity index (χ4n) is 3.11. The first kappa shape index (κ1) is 12.8. The lowest BCUT2D eigenvalue weighted by molar-refractivity contribution is 0.212. The highest BCUT2D eigenvalue weighted by Crippen LogP contribution is 2.24. The fraction of sp³-hybridized carbons (Fsp3) is 0.714. The van der Waals surface area contributed by atoms with Gasteiger partial charge < -0.3 is 10.2 Å². The second kappa shape index (κ2) is 5.43. The number of likely N-dealkylation sites (N-methyl/N-ethyl adjacent to an activating group) is 1. The molecular weight excluding hydrogens is 238 g/mol. The van der Waals surface area contributed by atoms with Crippen molar-refractivity contribution >= 4 is 5.82 Å². The lowest BCUT2D eigenvalue weighted by Crippen LogP contribution is -2.52. The standard InChI is InChI=1S/C14H23N5/c1-3-11-9-19(7-6-18(11)2)14-12-8-15-5-4-13(12)16-10-17-14/h10-11,15H,3-9H2,1-2H3. The fourth-order valence-corrected chi connectivity index (χ4v) is 3.11. The summed E-state index contributed by atoms with van der Waals surface area (Å²) in [6, 6.07) is 0.635. The molecule has 1 fully saturated rings. The summed E-state index contributed by atoms with van der Waals surface area (Å²) in [6.07, 6.45) is 3.95. The van der Waals surface area contributed by atoms with E-state index < -0.39 is 0 Å². The van der Waals surface area contributed by atoms with Crippen molar-refractivity contribution in [2.75, 3.05) is 38.1 Å². The smallest absolute Gasteiger partial charge is 0.136 e. The summed E-state index contributed by atoms with van der Waals surface area (Å²) in [5.74, 6) is 1.16. The van der Waals surface area contributed by atoms with E-state index in [1.165, 1.54) is 17.7 Å². The summed E-state index contributed by atoms with van der Waals surface area (Å²) < 4.78 is 0. The average Bonchev–Trinajstić information content (AvgIpc) is 2.47. The largest absolute Gasteiger partial charge is 0.353 e. The van der Waals surface area contributed by atoms with Gasteiger partial charge in [-0.1, -0.05) is 6.92 Å². The molecule has 1 atom stereocenters. The molecule has 0 aromatic carbocycles. The Morgan fingerprint density at radius 1 is 1.37 bits per heavy atom. The highest BCUT2D eigenvalue weighted by atomic mass is 15.3. The molecule has 3 heterocycles. The van der Waals surface area contributed by atoms with E-state index in [0.29, 0.717) is 6.04 Å². The van der Waals surface area contributed by atoms with Gasteiger partial charge in [-0.15, -0.1) is 0 Å². The number of rotatable bonds is 2. The molecule has 0 bridgehead atoms. The van der Waals surface area contributed by atoms with E-state index in [1.807, 2.05) is 0 Å². The van der Waals surface area contributed by atoms with Gasteiger partial charge in [-0.25, -0.2) is 9.97 Å². The van der Waals surface area contributed by atoms with Gasteiger partial charge in [0.15, 0.2) is 0 Å². The maximum absolute atomic E-state index is 4.57. The third kappa shape index (κ3) is 2.44. The maximum atomic E-state index is 4.57. The number of anilines is 1. The van der Waals surface area contributed by atoms with Crippen LogP contribution in [0.2, 0.25) is 0 Å². The Kier molecular flexibility index (Phi) is 3.66. The zero-order valence-corrected chi connectivity index (χ0v) is 11.9. The summed E-state index contributed by atoms with van der Waals surface area (Å²) in [6.45, 7) is 7.47. The molecule has 0 saturated carbocycles. The molecule has 0 radical (unpaired) electrons. The van der Waals surface area contributed by atoms with Crippen LogP contribution in [-0.2, 0) is 13.0 Å². The molecule has 1 saturated heterocycles. The predicted molar refractivity (Wildman–Crippen MR) is 76.4 cm³/mol. The van der Waals surface area contributed by atoms with E-state index in [9.17, 15) is 0 Å². The van der Waals surface area contributed by atoms with Crippen LogP contribution in [0.3, 0.4) is 0 Å². The van der Waals surface area contributed by atoms with E-state index >= 15 is 0 Å². The molecule has 2 aliphatic heterocycles. The molecular formula is C14H23N5. The maximum Gasteiger partial charge on any atom is 0.136 e.